The van der Waals surface area contributed by atoms with E-state index in [1.165, 1.54) is 17.0 Å². The van der Waals surface area contributed by atoms with Gasteiger partial charge in [-0.1, -0.05) is 11.6 Å². The van der Waals surface area contributed by atoms with E-state index in [4.69, 9.17) is 26.2 Å². The summed E-state index contributed by atoms with van der Waals surface area (Å²) in [6.07, 6.45) is -0.438. The van der Waals surface area contributed by atoms with E-state index in [0.29, 0.717) is 16.5 Å². The van der Waals surface area contributed by atoms with Crippen LogP contribution in [-0.4, -0.2) is 36.4 Å². The zero-order chi connectivity index (χ0) is 17.1. The molecule has 2 aromatic rings. The van der Waals surface area contributed by atoms with E-state index in [9.17, 15) is 9.59 Å². The molecule has 1 unspecified atom stereocenters. The van der Waals surface area contributed by atoms with Crippen LogP contribution in [0.3, 0.4) is 0 Å². The Morgan fingerprint density at radius 3 is 2.50 bits per heavy atom. The minimum Gasteiger partial charge on any atom is -0.491 e. The van der Waals surface area contributed by atoms with E-state index in [0.717, 1.165) is 0 Å². The Balaban J connectivity index is 1.68. The number of carbonyl (C=O) groups excluding carboxylic acids is 1. The third-order valence-corrected chi connectivity index (χ3v) is 3.86. The summed E-state index contributed by atoms with van der Waals surface area (Å²) < 4.78 is 10.8. The molecule has 3 rings (SSSR count). The number of carbonyl (C=O) groups is 2. The van der Waals surface area contributed by atoms with Gasteiger partial charge < -0.3 is 14.6 Å². The van der Waals surface area contributed by atoms with Crippen LogP contribution in [-0.2, 0) is 4.74 Å². The lowest BCUT2D eigenvalue weighted by molar-refractivity contribution is 0.0697. The van der Waals surface area contributed by atoms with E-state index in [-0.39, 0.29) is 24.8 Å². The Morgan fingerprint density at radius 2 is 1.88 bits per heavy atom. The van der Waals surface area contributed by atoms with Crippen molar-refractivity contribution in [3.63, 3.8) is 0 Å². The minimum atomic E-state index is -0.995. The molecule has 0 saturated carbocycles. The summed E-state index contributed by atoms with van der Waals surface area (Å²) in [6, 6.07) is 12.7. The number of amides is 1. The van der Waals surface area contributed by atoms with Crippen molar-refractivity contribution in [2.75, 3.05) is 18.1 Å². The fourth-order valence-electron chi connectivity index (χ4n) is 2.39. The van der Waals surface area contributed by atoms with E-state index >= 15 is 0 Å². The predicted molar refractivity (Wildman–Crippen MR) is 88.0 cm³/mol. The standard InChI is InChI=1S/C17H14ClNO5/c18-12-3-5-13(6-4-12)19-14(10-24-17(19)22)9-23-15-7-1-11(2-8-15)16(20)21/h1-8,14H,9-10H2,(H,20,21). The van der Waals surface area contributed by atoms with E-state index in [1.807, 2.05) is 0 Å². The number of hydrogen-bond acceptors (Lipinski definition) is 4. The number of carboxylic acids is 1. The summed E-state index contributed by atoms with van der Waals surface area (Å²) in [5.74, 6) is -0.472. The van der Waals surface area contributed by atoms with Crippen LogP contribution in [0.4, 0.5) is 10.5 Å². The first kappa shape index (κ1) is 16.1. The maximum absolute atomic E-state index is 12.0. The maximum atomic E-state index is 12.0. The lowest BCUT2D eigenvalue weighted by Crippen LogP contribution is -2.37. The molecule has 1 amide bonds. The molecule has 124 valence electrons. The zero-order valence-electron chi connectivity index (χ0n) is 12.5. The number of rotatable bonds is 5. The average Bonchev–Trinajstić information content (AvgIpc) is 2.95. The van der Waals surface area contributed by atoms with E-state index in [2.05, 4.69) is 0 Å². The first-order valence-corrected chi connectivity index (χ1v) is 7.60. The molecular formula is C17H14ClNO5. The number of halogens is 1. The van der Waals surface area contributed by atoms with Gasteiger partial charge in [-0.25, -0.2) is 9.59 Å². The quantitative estimate of drug-likeness (QED) is 0.896. The Labute approximate surface area is 143 Å². The number of benzene rings is 2. The second kappa shape index (κ2) is 6.80. The van der Waals surface area contributed by atoms with Crippen LogP contribution in [0.25, 0.3) is 0 Å². The van der Waals surface area contributed by atoms with Crippen LogP contribution >= 0.6 is 11.6 Å². The number of carboxylic acid groups (broad SMARTS) is 1. The molecule has 1 saturated heterocycles. The Morgan fingerprint density at radius 1 is 1.21 bits per heavy atom. The lowest BCUT2D eigenvalue weighted by atomic mass is 10.2. The number of cyclic esters (lactones) is 1. The molecule has 0 aromatic heterocycles. The average molecular weight is 348 g/mol. The van der Waals surface area contributed by atoms with Gasteiger partial charge >= 0.3 is 12.1 Å². The van der Waals surface area contributed by atoms with Gasteiger partial charge in [-0.3, -0.25) is 4.90 Å². The van der Waals surface area contributed by atoms with Gasteiger partial charge in [0.05, 0.1) is 5.56 Å². The second-order valence-electron chi connectivity index (χ2n) is 5.22. The van der Waals surface area contributed by atoms with Gasteiger partial charge in [0.1, 0.15) is 25.0 Å². The first-order chi connectivity index (χ1) is 11.5. The van der Waals surface area contributed by atoms with Gasteiger partial charge in [0.15, 0.2) is 0 Å². The summed E-state index contributed by atoms with van der Waals surface area (Å²) in [6.45, 7) is 0.440. The SMILES string of the molecule is O=C(O)c1ccc(OCC2COC(=O)N2c2ccc(Cl)cc2)cc1. The summed E-state index contributed by atoms with van der Waals surface area (Å²) in [5.41, 5.74) is 0.862. The highest BCUT2D eigenvalue weighted by Gasteiger charge is 2.34. The van der Waals surface area contributed by atoms with Crippen molar-refractivity contribution in [3.05, 3.63) is 59.1 Å². The molecule has 1 aliphatic heterocycles. The molecule has 1 N–H and O–H groups in total. The van der Waals surface area contributed by atoms with Crippen molar-refractivity contribution in [1.82, 2.24) is 0 Å². The topological polar surface area (TPSA) is 76.1 Å². The summed E-state index contributed by atoms with van der Waals surface area (Å²) >= 11 is 5.87. The van der Waals surface area contributed by atoms with Crippen molar-refractivity contribution >= 4 is 29.4 Å². The van der Waals surface area contributed by atoms with Crippen LogP contribution in [0.5, 0.6) is 5.75 Å². The van der Waals surface area contributed by atoms with Gasteiger partial charge in [0, 0.05) is 10.7 Å². The molecule has 0 bridgehead atoms. The van der Waals surface area contributed by atoms with Crippen molar-refractivity contribution in [2.45, 2.75) is 6.04 Å². The molecule has 1 aliphatic rings. The van der Waals surface area contributed by atoms with Crippen LogP contribution < -0.4 is 9.64 Å². The van der Waals surface area contributed by atoms with Crippen LogP contribution in [0.15, 0.2) is 48.5 Å². The minimum absolute atomic E-state index is 0.185. The molecule has 2 aromatic carbocycles. The number of hydrogen-bond donors (Lipinski definition) is 1. The fraction of sp³-hybridized carbons (Fsp3) is 0.176. The normalized spacial score (nSPS) is 16.8. The zero-order valence-corrected chi connectivity index (χ0v) is 13.3. The van der Waals surface area contributed by atoms with Crippen LogP contribution in [0.2, 0.25) is 5.02 Å². The fourth-order valence-corrected chi connectivity index (χ4v) is 2.51. The maximum Gasteiger partial charge on any atom is 0.414 e. The van der Waals surface area contributed by atoms with Gasteiger partial charge in [0.2, 0.25) is 0 Å². The van der Waals surface area contributed by atoms with Gasteiger partial charge in [-0.2, -0.15) is 0 Å². The number of ether oxygens (including phenoxy) is 2. The third-order valence-electron chi connectivity index (χ3n) is 3.61. The number of nitrogens with zero attached hydrogens (tertiary/aromatic N) is 1. The molecule has 0 radical (unpaired) electrons. The summed E-state index contributed by atoms with van der Waals surface area (Å²) in [5, 5.41) is 9.46. The highest BCUT2D eigenvalue weighted by atomic mass is 35.5. The van der Waals surface area contributed by atoms with E-state index < -0.39 is 12.1 Å². The molecule has 6 nitrogen and oxygen atoms in total. The molecule has 7 heteroatoms. The van der Waals surface area contributed by atoms with Crippen molar-refractivity contribution in [1.29, 1.82) is 0 Å². The van der Waals surface area contributed by atoms with Crippen molar-refractivity contribution in [3.8, 4) is 5.75 Å². The van der Waals surface area contributed by atoms with Gasteiger partial charge in [-0.15, -0.1) is 0 Å². The summed E-state index contributed by atoms with van der Waals surface area (Å²) in [4.78, 5) is 24.3. The Hall–Kier alpha value is -2.73. The molecule has 0 spiro atoms. The first-order valence-electron chi connectivity index (χ1n) is 7.22. The number of anilines is 1. The second-order valence-corrected chi connectivity index (χ2v) is 5.65. The molecule has 24 heavy (non-hydrogen) atoms. The number of aromatic carboxylic acids is 1. The lowest BCUT2D eigenvalue weighted by Gasteiger charge is -2.21. The van der Waals surface area contributed by atoms with Gasteiger partial charge in [0.25, 0.3) is 0 Å². The van der Waals surface area contributed by atoms with Crippen molar-refractivity contribution < 1.29 is 24.2 Å². The highest BCUT2D eigenvalue weighted by molar-refractivity contribution is 6.30. The molecule has 1 heterocycles. The van der Waals surface area contributed by atoms with Crippen LogP contribution in [0, 0.1) is 0 Å². The molecule has 1 fully saturated rings. The Kier molecular flexibility index (Phi) is 4.57. The smallest absolute Gasteiger partial charge is 0.414 e. The van der Waals surface area contributed by atoms with E-state index in [1.54, 1.807) is 36.4 Å². The predicted octanol–water partition coefficient (Wildman–Crippen LogP) is 3.44. The molecular weight excluding hydrogens is 334 g/mol. The molecule has 1 atom stereocenters. The summed E-state index contributed by atoms with van der Waals surface area (Å²) in [7, 11) is 0. The Bertz CT molecular complexity index is 745. The van der Waals surface area contributed by atoms with Crippen LogP contribution in [0.1, 0.15) is 10.4 Å². The monoisotopic (exact) mass is 347 g/mol. The third kappa shape index (κ3) is 3.44. The van der Waals surface area contributed by atoms with Crippen molar-refractivity contribution in [2.24, 2.45) is 0 Å². The molecule has 0 aliphatic carbocycles. The van der Waals surface area contributed by atoms with Gasteiger partial charge in [-0.05, 0) is 48.5 Å². The largest absolute Gasteiger partial charge is 0.491 e. The highest BCUT2D eigenvalue weighted by Crippen LogP contribution is 2.25.